The summed E-state index contributed by atoms with van der Waals surface area (Å²) in [6.45, 7) is 1.98. The zero-order valence-electron chi connectivity index (χ0n) is 13.8. The molecule has 0 fully saturated rings. The standard InChI is InChI=1S/C19H20F4O/c1-3-4-5-12-6-7-13(17(21)16(12)20)8-9-14-10-11-15(24-2)19(23)18(14)22/h6-7,10-11H,3-5,8-9H2,1-2H3. The largest absolute Gasteiger partial charge is 0.494 e. The molecular weight excluding hydrogens is 320 g/mol. The lowest BCUT2D eigenvalue weighted by Gasteiger charge is -2.10. The van der Waals surface area contributed by atoms with Crippen LogP contribution in [0, 0.1) is 23.3 Å². The highest BCUT2D eigenvalue weighted by Crippen LogP contribution is 2.24. The second-order valence-electron chi connectivity index (χ2n) is 5.67. The molecule has 0 heterocycles. The van der Waals surface area contributed by atoms with Gasteiger partial charge in [-0.25, -0.2) is 13.2 Å². The molecule has 0 saturated carbocycles. The van der Waals surface area contributed by atoms with Crippen LogP contribution in [0.1, 0.15) is 36.5 Å². The van der Waals surface area contributed by atoms with Gasteiger partial charge >= 0.3 is 0 Å². The van der Waals surface area contributed by atoms with E-state index in [1.165, 1.54) is 25.3 Å². The number of ether oxygens (including phenoxy) is 1. The van der Waals surface area contributed by atoms with Gasteiger partial charge in [0.05, 0.1) is 7.11 Å². The molecule has 0 unspecified atom stereocenters. The van der Waals surface area contributed by atoms with E-state index in [1.54, 1.807) is 6.07 Å². The molecule has 2 aromatic carbocycles. The van der Waals surface area contributed by atoms with Crippen molar-refractivity contribution < 1.29 is 22.3 Å². The molecule has 0 aliphatic rings. The van der Waals surface area contributed by atoms with E-state index < -0.39 is 23.3 Å². The third-order valence-corrected chi connectivity index (χ3v) is 4.05. The van der Waals surface area contributed by atoms with E-state index in [4.69, 9.17) is 4.74 Å². The Balaban J connectivity index is 2.15. The first-order valence-electron chi connectivity index (χ1n) is 7.96. The van der Waals surface area contributed by atoms with E-state index >= 15 is 0 Å². The van der Waals surface area contributed by atoms with Gasteiger partial charge in [-0.05, 0) is 48.4 Å². The number of methoxy groups -OCH3 is 1. The van der Waals surface area contributed by atoms with E-state index in [0.717, 1.165) is 12.8 Å². The Morgan fingerprint density at radius 1 is 0.708 bits per heavy atom. The fourth-order valence-corrected chi connectivity index (χ4v) is 2.57. The summed E-state index contributed by atoms with van der Waals surface area (Å²) in [6, 6.07) is 5.79. The van der Waals surface area contributed by atoms with E-state index in [0.29, 0.717) is 12.0 Å². The lowest BCUT2D eigenvalue weighted by atomic mass is 9.99. The smallest absolute Gasteiger partial charge is 0.200 e. The zero-order chi connectivity index (χ0) is 17.7. The van der Waals surface area contributed by atoms with Crippen LogP contribution in [0.25, 0.3) is 0 Å². The van der Waals surface area contributed by atoms with Crippen LogP contribution in [0.2, 0.25) is 0 Å². The van der Waals surface area contributed by atoms with Gasteiger partial charge < -0.3 is 4.74 Å². The first kappa shape index (κ1) is 18.3. The molecule has 0 N–H and O–H groups in total. The minimum atomic E-state index is -1.07. The van der Waals surface area contributed by atoms with Crippen molar-refractivity contribution in [1.82, 2.24) is 0 Å². The second-order valence-corrected chi connectivity index (χ2v) is 5.67. The molecular formula is C19H20F4O. The Morgan fingerprint density at radius 2 is 1.17 bits per heavy atom. The van der Waals surface area contributed by atoms with Gasteiger partial charge in [0.1, 0.15) is 0 Å². The van der Waals surface area contributed by atoms with Gasteiger partial charge in [0.2, 0.25) is 5.82 Å². The molecule has 0 radical (unpaired) electrons. The molecule has 0 aromatic heterocycles. The third kappa shape index (κ3) is 3.89. The molecule has 1 nitrogen and oxygen atoms in total. The maximum absolute atomic E-state index is 14.1. The summed E-state index contributed by atoms with van der Waals surface area (Å²) in [7, 11) is 1.25. The number of unbranched alkanes of at least 4 members (excludes halogenated alkanes) is 1. The predicted molar refractivity (Wildman–Crippen MR) is 85.3 cm³/mol. The van der Waals surface area contributed by atoms with Crippen LogP contribution in [-0.4, -0.2) is 7.11 Å². The summed E-state index contributed by atoms with van der Waals surface area (Å²) >= 11 is 0. The van der Waals surface area contributed by atoms with E-state index in [2.05, 4.69) is 0 Å². The van der Waals surface area contributed by atoms with Crippen molar-refractivity contribution in [2.24, 2.45) is 0 Å². The maximum Gasteiger partial charge on any atom is 0.200 e. The lowest BCUT2D eigenvalue weighted by molar-refractivity contribution is 0.370. The molecule has 0 aliphatic heterocycles. The van der Waals surface area contributed by atoms with Crippen molar-refractivity contribution in [1.29, 1.82) is 0 Å². The number of rotatable bonds is 7. The van der Waals surface area contributed by atoms with Crippen LogP contribution in [0.5, 0.6) is 5.75 Å². The van der Waals surface area contributed by atoms with Gasteiger partial charge in [-0.3, -0.25) is 0 Å². The molecule has 0 spiro atoms. The van der Waals surface area contributed by atoms with E-state index in [-0.39, 0.29) is 29.7 Å². The fourth-order valence-electron chi connectivity index (χ4n) is 2.57. The third-order valence-electron chi connectivity index (χ3n) is 4.05. The van der Waals surface area contributed by atoms with Crippen LogP contribution >= 0.6 is 0 Å². The summed E-state index contributed by atoms with van der Waals surface area (Å²) in [5.41, 5.74) is 0.603. The Hall–Kier alpha value is -2.04. The SMILES string of the molecule is CCCCc1ccc(CCc2ccc(OC)c(F)c2F)c(F)c1F. The highest BCUT2D eigenvalue weighted by molar-refractivity contribution is 5.32. The Kier molecular flexibility index (Phi) is 6.23. The monoisotopic (exact) mass is 340 g/mol. The Labute approximate surface area is 139 Å². The maximum atomic E-state index is 14.1. The normalized spacial score (nSPS) is 10.9. The molecule has 0 atom stereocenters. The molecule has 0 saturated heterocycles. The van der Waals surface area contributed by atoms with Crippen LogP contribution in [-0.2, 0) is 19.3 Å². The average Bonchev–Trinajstić information content (AvgIpc) is 2.59. The van der Waals surface area contributed by atoms with E-state index in [1.807, 2.05) is 6.92 Å². The number of benzene rings is 2. The van der Waals surface area contributed by atoms with Crippen LogP contribution in [0.15, 0.2) is 24.3 Å². The molecule has 0 bridgehead atoms. The van der Waals surface area contributed by atoms with Gasteiger partial charge in [-0.2, -0.15) is 4.39 Å². The molecule has 2 rings (SSSR count). The highest BCUT2D eigenvalue weighted by atomic mass is 19.2. The second kappa shape index (κ2) is 8.18. The van der Waals surface area contributed by atoms with Crippen molar-refractivity contribution in [3.8, 4) is 5.75 Å². The molecule has 130 valence electrons. The van der Waals surface area contributed by atoms with Crippen molar-refractivity contribution >= 4 is 0 Å². The van der Waals surface area contributed by atoms with Crippen LogP contribution < -0.4 is 4.74 Å². The fraction of sp³-hybridized carbons (Fsp3) is 0.368. The van der Waals surface area contributed by atoms with Crippen molar-refractivity contribution in [3.63, 3.8) is 0 Å². The summed E-state index contributed by atoms with van der Waals surface area (Å²) in [5, 5.41) is 0. The first-order valence-corrected chi connectivity index (χ1v) is 7.96. The molecule has 5 heteroatoms. The van der Waals surface area contributed by atoms with Crippen molar-refractivity contribution in [3.05, 3.63) is 64.2 Å². The van der Waals surface area contributed by atoms with Gasteiger partial charge in [-0.1, -0.05) is 31.5 Å². The molecule has 2 aromatic rings. The Bertz CT molecular complexity index is 713. The minimum absolute atomic E-state index is 0.0669. The quantitative estimate of drug-likeness (QED) is 0.615. The summed E-state index contributed by atoms with van der Waals surface area (Å²) in [5.74, 6) is -4.03. The van der Waals surface area contributed by atoms with Gasteiger partial charge in [0, 0.05) is 0 Å². The van der Waals surface area contributed by atoms with Gasteiger partial charge in [0.25, 0.3) is 0 Å². The Morgan fingerprint density at radius 3 is 1.67 bits per heavy atom. The number of hydrogen-bond acceptors (Lipinski definition) is 1. The predicted octanol–water partition coefficient (Wildman–Crippen LogP) is 5.38. The summed E-state index contributed by atoms with van der Waals surface area (Å²) in [4.78, 5) is 0. The van der Waals surface area contributed by atoms with Gasteiger partial charge in [-0.15, -0.1) is 0 Å². The minimum Gasteiger partial charge on any atom is -0.494 e. The number of hydrogen-bond donors (Lipinski definition) is 0. The molecule has 0 amide bonds. The van der Waals surface area contributed by atoms with Crippen LogP contribution in [0.3, 0.4) is 0 Å². The molecule has 24 heavy (non-hydrogen) atoms. The van der Waals surface area contributed by atoms with Crippen molar-refractivity contribution in [2.45, 2.75) is 39.0 Å². The average molecular weight is 340 g/mol. The van der Waals surface area contributed by atoms with E-state index in [9.17, 15) is 17.6 Å². The highest BCUT2D eigenvalue weighted by Gasteiger charge is 2.16. The summed E-state index contributed by atoms with van der Waals surface area (Å²) < 4.78 is 60.4. The summed E-state index contributed by atoms with van der Waals surface area (Å²) in [6.07, 6.45) is 2.31. The molecule has 0 aliphatic carbocycles. The van der Waals surface area contributed by atoms with Crippen molar-refractivity contribution in [2.75, 3.05) is 7.11 Å². The topological polar surface area (TPSA) is 9.23 Å². The van der Waals surface area contributed by atoms with Gasteiger partial charge in [0.15, 0.2) is 23.2 Å². The number of aryl methyl sites for hydroxylation is 3. The first-order chi connectivity index (χ1) is 11.5. The number of halogens is 4. The van der Waals surface area contributed by atoms with Crippen LogP contribution in [0.4, 0.5) is 17.6 Å². The zero-order valence-corrected chi connectivity index (χ0v) is 13.8. The lowest BCUT2D eigenvalue weighted by Crippen LogP contribution is -2.04.